The average Bonchev–Trinajstić information content (AvgIpc) is 2.09. The van der Waals surface area contributed by atoms with Crippen LogP contribution in [-0.2, 0) is 4.74 Å². The zero-order valence-electron chi connectivity index (χ0n) is 9.89. The van der Waals surface area contributed by atoms with E-state index in [2.05, 4.69) is 34.3 Å². The van der Waals surface area contributed by atoms with Crippen molar-refractivity contribution in [2.45, 2.75) is 47.0 Å². The van der Waals surface area contributed by atoms with Gasteiger partial charge in [-0.05, 0) is 6.42 Å². The average molecular weight is 197 g/mol. The fourth-order valence-corrected chi connectivity index (χ4v) is 0.756. The molecule has 0 bridgehead atoms. The molecule has 0 spiro atoms. The minimum atomic E-state index is -0.0367. The first kappa shape index (κ1) is 13.1. The lowest BCUT2D eigenvalue weighted by Gasteiger charge is -2.18. The van der Waals surface area contributed by atoms with Crippen LogP contribution in [-0.4, -0.2) is 0 Å². The van der Waals surface area contributed by atoms with Gasteiger partial charge in [0.25, 0.3) is 0 Å². The molecule has 0 fully saturated rings. The Labute approximate surface area is 87.8 Å². The van der Waals surface area contributed by atoms with Crippen LogP contribution in [0.15, 0.2) is 24.3 Å². The summed E-state index contributed by atoms with van der Waals surface area (Å²) in [6, 6.07) is 0. The number of allylic oxidation sites excluding steroid dienone is 2. The molecule has 0 atom stereocenters. The molecule has 0 aromatic heterocycles. The third-order valence-electron chi connectivity index (χ3n) is 2.03. The van der Waals surface area contributed by atoms with E-state index in [1.54, 1.807) is 6.26 Å². The van der Waals surface area contributed by atoms with Crippen molar-refractivity contribution in [3.05, 3.63) is 24.3 Å². The van der Waals surface area contributed by atoms with E-state index in [4.69, 9.17) is 10.5 Å². The Morgan fingerprint density at radius 2 is 2.00 bits per heavy atom. The SMILES string of the molecule is C=C(CCCC)O/C=C(\N)C(C)(C)C. The lowest BCUT2D eigenvalue weighted by molar-refractivity contribution is 0.316. The molecule has 14 heavy (non-hydrogen) atoms. The zero-order chi connectivity index (χ0) is 11.2. The van der Waals surface area contributed by atoms with E-state index >= 15 is 0 Å². The fraction of sp³-hybridized carbons (Fsp3) is 0.667. The monoisotopic (exact) mass is 197 g/mol. The van der Waals surface area contributed by atoms with Crippen LogP contribution >= 0.6 is 0 Å². The van der Waals surface area contributed by atoms with Gasteiger partial charge in [0.15, 0.2) is 0 Å². The van der Waals surface area contributed by atoms with Gasteiger partial charge in [-0.1, -0.05) is 40.7 Å². The summed E-state index contributed by atoms with van der Waals surface area (Å²) in [6.07, 6.45) is 4.78. The van der Waals surface area contributed by atoms with Crippen LogP contribution < -0.4 is 5.73 Å². The van der Waals surface area contributed by atoms with Crippen molar-refractivity contribution in [2.75, 3.05) is 0 Å². The molecule has 0 aliphatic heterocycles. The van der Waals surface area contributed by atoms with Crippen LogP contribution in [0.25, 0.3) is 0 Å². The second-order valence-electron chi connectivity index (χ2n) is 4.58. The summed E-state index contributed by atoms with van der Waals surface area (Å²) < 4.78 is 5.35. The largest absolute Gasteiger partial charge is 0.468 e. The van der Waals surface area contributed by atoms with Crippen molar-refractivity contribution in [3.8, 4) is 0 Å². The number of hydrogen-bond acceptors (Lipinski definition) is 2. The summed E-state index contributed by atoms with van der Waals surface area (Å²) in [6.45, 7) is 12.1. The Hall–Kier alpha value is -0.920. The van der Waals surface area contributed by atoms with Gasteiger partial charge in [-0.3, -0.25) is 0 Å². The van der Waals surface area contributed by atoms with Crippen LogP contribution in [0.4, 0.5) is 0 Å². The number of rotatable bonds is 5. The lowest BCUT2D eigenvalue weighted by Crippen LogP contribution is -2.17. The van der Waals surface area contributed by atoms with Gasteiger partial charge in [0.05, 0.1) is 5.76 Å². The third kappa shape index (κ3) is 5.68. The van der Waals surface area contributed by atoms with Gasteiger partial charge in [-0.15, -0.1) is 0 Å². The first-order chi connectivity index (χ1) is 6.38. The van der Waals surface area contributed by atoms with E-state index in [0.29, 0.717) is 0 Å². The molecule has 0 aliphatic carbocycles. The molecule has 2 heteroatoms. The highest BCUT2D eigenvalue weighted by molar-refractivity contribution is 5.04. The normalized spacial score (nSPS) is 12.7. The molecule has 0 saturated carbocycles. The number of ether oxygens (including phenoxy) is 1. The van der Waals surface area contributed by atoms with Gasteiger partial charge >= 0.3 is 0 Å². The Morgan fingerprint density at radius 1 is 1.43 bits per heavy atom. The fourth-order valence-electron chi connectivity index (χ4n) is 0.756. The predicted molar refractivity (Wildman–Crippen MR) is 61.5 cm³/mol. The van der Waals surface area contributed by atoms with Crippen LogP contribution in [0.1, 0.15) is 47.0 Å². The molecule has 0 aromatic rings. The van der Waals surface area contributed by atoms with Crippen molar-refractivity contribution in [3.63, 3.8) is 0 Å². The molecule has 82 valence electrons. The van der Waals surface area contributed by atoms with Crippen molar-refractivity contribution in [2.24, 2.45) is 11.1 Å². The van der Waals surface area contributed by atoms with Gasteiger partial charge in [0.2, 0.25) is 0 Å². The highest BCUT2D eigenvalue weighted by atomic mass is 16.5. The quantitative estimate of drug-likeness (QED) is 0.684. The smallest absolute Gasteiger partial charge is 0.110 e. The molecule has 2 N–H and O–H groups in total. The topological polar surface area (TPSA) is 35.2 Å². The van der Waals surface area contributed by atoms with Gasteiger partial charge in [-0.25, -0.2) is 0 Å². The number of hydrogen-bond donors (Lipinski definition) is 1. The van der Waals surface area contributed by atoms with E-state index in [9.17, 15) is 0 Å². The van der Waals surface area contributed by atoms with Crippen LogP contribution in [0.3, 0.4) is 0 Å². The molecule has 0 aliphatic rings. The molecule has 0 unspecified atom stereocenters. The van der Waals surface area contributed by atoms with Gasteiger partial charge < -0.3 is 10.5 Å². The van der Waals surface area contributed by atoms with Gasteiger partial charge in [0, 0.05) is 17.5 Å². The van der Waals surface area contributed by atoms with Crippen molar-refractivity contribution in [1.82, 2.24) is 0 Å². The Kier molecular flexibility index (Phi) is 5.36. The molecule has 0 amide bonds. The van der Waals surface area contributed by atoms with Crippen molar-refractivity contribution < 1.29 is 4.74 Å². The molecule has 0 saturated heterocycles. The summed E-state index contributed by atoms with van der Waals surface area (Å²) in [4.78, 5) is 0. The standard InChI is InChI=1S/C12H23NO/c1-6-7-8-10(2)14-9-11(13)12(3,4)5/h9H,2,6-8,13H2,1,3-5H3/b11-9-. The molecule has 2 nitrogen and oxygen atoms in total. The molecule has 0 heterocycles. The maximum absolute atomic E-state index is 5.82. The molecular weight excluding hydrogens is 174 g/mol. The minimum absolute atomic E-state index is 0.0367. The van der Waals surface area contributed by atoms with E-state index in [-0.39, 0.29) is 5.41 Å². The minimum Gasteiger partial charge on any atom is -0.468 e. The van der Waals surface area contributed by atoms with Gasteiger partial charge in [0.1, 0.15) is 6.26 Å². The molecule has 0 radical (unpaired) electrons. The number of nitrogens with two attached hydrogens (primary N) is 1. The zero-order valence-corrected chi connectivity index (χ0v) is 9.89. The van der Waals surface area contributed by atoms with Crippen molar-refractivity contribution >= 4 is 0 Å². The summed E-state index contributed by atoms with van der Waals surface area (Å²) in [5.74, 6) is 0.791. The Bertz CT molecular complexity index is 211. The summed E-state index contributed by atoms with van der Waals surface area (Å²) >= 11 is 0. The summed E-state index contributed by atoms with van der Waals surface area (Å²) in [5.41, 5.74) is 6.53. The predicted octanol–water partition coefficient (Wildman–Crippen LogP) is 3.55. The van der Waals surface area contributed by atoms with E-state index in [1.807, 2.05) is 0 Å². The Morgan fingerprint density at radius 3 is 2.43 bits per heavy atom. The summed E-state index contributed by atoms with van der Waals surface area (Å²) in [5, 5.41) is 0. The Balaban J connectivity index is 3.97. The second kappa shape index (κ2) is 5.74. The van der Waals surface area contributed by atoms with E-state index < -0.39 is 0 Å². The number of unbranched alkanes of at least 4 members (excludes halogenated alkanes) is 1. The van der Waals surface area contributed by atoms with Crippen LogP contribution in [0, 0.1) is 5.41 Å². The van der Waals surface area contributed by atoms with E-state index in [1.165, 1.54) is 0 Å². The second-order valence-corrected chi connectivity index (χ2v) is 4.58. The highest BCUT2D eigenvalue weighted by Crippen LogP contribution is 2.21. The highest BCUT2D eigenvalue weighted by Gasteiger charge is 2.13. The first-order valence-electron chi connectivity index (χ1n) is 5.18. The third-order valence-corrected chi connectivity index (χ3v) is 2.03. The van der Waals surface area contributed by atoms with E-state index in [0.717, 1.165) is 30.7 Å². The maximum Gasteiger partial charge on any atom is 0.110 e. The van der Waals surface area contributed by atoms with Crippen LogP contribution in [0.2, 0.25) is 0 Å². The summed E-state index contributed by atoms with van der Waals surface area (Å²) in [7, 11) is 0. The lowest BCUT2D eigenvalue weighted by atomic mass is 9.93. The molecule has 0 rings (SSSR count). The molecular formula is C12H23NO. The van der Waals surface area contributed by atoms with Gasteiger partial charge in [-0.2, -0.15) is 0 Å². The van der Waals surface area contributed by atoms with Crippen molar-refractivity contribution in [1.29, 1.82) is 0 Å². The maximum atomic E-state index is 5.82. The van der Waals surface area contributed by atoms with Crippen LogP contribution in [0.5, 0.6) is 0 Å². The molecule has 0 aromatic carbocycles. The first-order valence-corrected chi connectivity index (χ1v) is 5.18.